The van der Waals surface area contributed by atoms with E-state index < -0.39 is 0 Å². The number of hydrogen-bond donors (Lipinski definition) is 1. The van der Waals surface area contributed by atoms with Crippen molar-refractivity contribution in [2.45, 2.75) is 19.3 Å². The zero-order chi connectivity index (χ0) is 18.5. The summed E-state index contributed by atoms with van der Waals surface area (Å²) in [5, 5.41) is 2.92. The molecule has 1 N–H and O–H groups in total. The van der Waals surface area contributed by atoms with Crippen LogP contribution in [0.4, 0.5) is 5.69 Å². The van der Waals surface area contributed by atoms with Crippen molar-refractivity contribution in [1.29, 1.82) is 0 Å². The molecule has 26 heavy (non-hydrogen) atoms. The molecule has 2 aliphatic rings. The molecular formula is C20H27N3O3. The van der Waals surface area contributed by atoms with Crippen LogP contribution >= 0.6 is 0 Å². The number of amides is 2. The Morgan fingerprint density at radius 1 is 1.23 bits per heavy atom. The summed E-state index contributed by atoms with van der Waals surface area (Å²) in [5.41, 5.74) is 1.13. The summed E-state index contributed by atoms with van der Waals surface area (Å²) < 4.78 is 5.35. The van der Waals surface area contributed by atoms with Gasteiger partial charge in [-0.2, -0.15) is 0 Å². The van der Waals surface area contributed by atoms with Gasteiger partial charge >= 0.3 is 0 Å². The predicted molar refractivity (Wildman–Crippen MR) is 102 cm³/mol. The number of anilines is 1. The number of nitrogens with zero attached hydrogens (tertiary/aromatic N) is 2. The van der Waals surface area contributed by atoms with Crippen LogP contribution in [0.15, 0.2) is 30.4 Å². The van der Waals surface area contributed by atoms with E-state index in [4.69, 9.17) is 4.74 Å². The lowest BCUT2D eigenvalue weighted by Gasteiger charge is -2.32. The molecule has 1 fully saturated rings. The first-order valence-electron chi connectivity index (χ1n) is 9.19. The number of likely N-dealkylation sites (N-methyl/N-ethyl adjacent to an activating group) is 1. The SMILES string of the molecule is COc1ccc(C(=O)N2CCN(C)CC2)cc1NC(=O)CC1C=CCC1. The van der Waals surface area contributed by atoms with E-state index in [-0.39, 0.29) is 11.8 Å². The number of rotatable bonds is 5. The van der Waals surface area contributed by atoms with Gasteiger partial charge in [0.1, 0.15) is 5.75 Å². The Labute approximate surface area is 154 Å². The van der Waals surface area contributed by atoms with Crippen molar-refractivity contribution in [2.24, 2.45) is 5.92 Å². The number of methoxy groups -OCH3 is 1. The molecule has 1 aliphatic carbocycles. The van der Waals surface area contributed by atoms with Crippen molar-refractivity contribution < 1.29 is 14.3 Å². The standard InChI is InChI=1S/C20H27N3O3/c1-22-9-11-23(12-10-22)20(25)16-7-8-18(26-2)17(14-16)21-19(24)13-15-5-3-4-6-15/h3,5,7-8,14-15H,4,6,9-13H2,1-2H3,(H,21,24). The lowest BCUT2D eigenvalue weighted by molar-refractivity contribution is -0.116. The zero-order valence-corrected chi connectivity index (χ0v) is 15.5. The van der Waals surface area contributed by atoms with Crippen LogP contribution in [-0.2, 0) is 4.79 Å². The highest BCUT2D eigenvalue weighted by Crippen LogP contribution is 2.28. The number of benzene rings is 1. The molecule has 1 aromatic carbocycles. The first-order valence-corrected chi connectivity index (χ1v) is 9.19. The second-order valence-corrected chi connectivity index (χ2v) is 7.03. The Hall–Kier alpha value is -2.34. The van der Waals surface area contributed by atoms with Crippen LogP contribution in [0, 0.1) is 5.92 Å². The van der Waals surface area contributed by atoms with Gasteiger partial charge in [0, 0.05) is 38.2 Å². The molecule has 1 saturated heterocycles. The van der Waals surface area contributed by atoms with Crippen molar-refractivity contribution >= 4 is 17.5 Å². The van der Waals surface area contributed by atoms with Crippen molar-refractivity contribution in [1.82, 2.24) is 9.80 Å². The highest BCUT2D eigenvalue weighted by atomic mass is 16.5. The maximum Gasteiger partial charge on any atom is 0.254 e. The van der Waals surface area contributed by atoms with Crippen LogP contribution in [0.2, 0.25) is 0 Å². The molecule has 3 rings (SSSR count). The Kier molecular flexibility index (Phi) is 5.93. The summed E-state index contributed by atoms with van der Waals surface area (Å²) in [4.78, 5) is 29.2. The molecule has 0 spiro atoms. The fourth-order valence-electron chi connectivity index (χ4n) is 3.44. The Morgan fingerprint density at radius 2 is 2.00 bits per heavy atom. The molecule has 6 heteroatoms. The quantitative estimate of drug-likeness (QED) is 0.822. The summed E-state index contributed by atoms with van der Waals surface area (Å²) in [6.45, 7) is 3.19. The molecule has 1 aromatic rings. The normalized spacial score (nSPS) is 20.2. The molecule has 1 heterocycles. The molecule has 140 valence electrons. The van der Waals surface area contributed by atoms with Crippen LogP contribution in [0.25, 0.3) is 0 Å². The molecule has 1 atom stereocenters. The molecule has 0 aromatic heterocycles. The van der Waals surface area contributed by atoms with E-state index in [9.17, 15) is 9.59 Å². The van der Waals surface area contributed by atoms with Crippen LogP contribution < -0.4 is 10.1 Å². The minimum Gasteiger partial charge on any atom is -0.495 e. The largest absolute Gasteiger partial charge is 0.495 e. The highest BCUT2D eigenvalue weighted by Gasteiger charge is 2.22. The lowest BCUT2D eigenvalue weighted by atomic mass is 10.0. The van der Waals surface area contributed by atoms with Crippen molar-refractivity contribution in [3.8, 4) is 5.75 Å². The van der Waals surface area contributed by atoms with Gasteiger partial charge in [0.15, 0.2) is 0 Å². The van der Waals surface area contributed by atoms with E-state index in [1.807, 2.05) is 4.90 Å². The number of carbonyl (C=O) groups is 2. The summed E-state index contributed by atoms with van der Waals surface area (Å²) >= 11 is 0. The molecule has 0 radical (unpaired) electrons. The fraction of sp³-hybridized carbons (Fsp3) is 0.500. The van der Waals surface area contributed by atoms with Crippen molar-refractivity contribution in [2.75, 3.05) is 45.7 Å². The van der Waals surface area contributed by atoms with Gasteiger partial charge in [-0.25, -0.2) is 0 Å². The monoisotopic (exact) mass is 357 g/mol. The van der Waals surface area contributed by atoms with Gasteiger partial charge in [-0.1, -0.05) is 12.2 Å². The van der Waals surface area contributed by atoms with Crippen LogP contribution in [0.1, 0.15) is 29.6 Å². The minimum absolute atomic E-state index is 0.00465. The number of ether oxygens (including phenoxy) is 1. The summed E-state index contributed by atoms with van der Waals surface area (Å²) in [5.74, 6) is 0.811. The number of nitrogens with one attached hydrogen (secondary N) is 1. The lowest BCUT2D eigenvalue weighted by Crippen LogP contribution is -2.47. The number of allylic oxidation sites excluding steroid dienone is 2. The Balaban J connectivity index is 1.70. The second kappa shape index (κ2) is 8.36. The van der Waals surface area contributed by atoms with Crippen LogP contribution in [0.3, 0.4) is 0 Å². The van der Waals surface area contributed by atoms with E-state index in [1.165, 1.54) is 0 Å². The van der Waals surface area contributed by atoms with Crippen LogP contribution in [0.5, 0.6) is 5.75 Å². The van der Waals surface area contributed by atoms with E-state index in [0.29, 0.717) is 29.3 Å². The van der Waals surface area contributed by atoms with E-state index >= 15 is 0 Å². The first-order chi connectivity index (χ1) is 12.6. The average Bonchev–Trinajstić information content (AvgIpc) is 3.14. The Bertz CT molecular complexity index is 694. The number of hydrogen-bond acceptors (Lipinski definition) is 4. The second-order valence-electron chi connectivity index (χ2n) is 7.03. The maximum atomic E-state index is 12.8. The van der Waals surface area contributed by atoms with Gasteiger partial charge < -0.3 is 19.9 Å². The van der Waals surface area contributed by atoms with Gasteiger partial charge in [0.2, 0.25) is 5.91 Å². The molecule has 0 bridgehead atoms. The molecule has 1 unspecified atom stereocenters. The third kappa shape index (κ3) is 4.43. The molecule has 6 nitrogen and oxygen atoms in total. The molecule has 0 saturated carbocycles. The third-order valence-corrected chi connectivity index (χ3v) is 5.07. The third-order valence-electron chi connectivity index (χ3n) is 5.07. The fourth-order valence-corrected chi connectivity index (χ4v) is 3.44. The van der Waals surface area contributed by atoms with Gasteiger partial charge in [0.05, 0.1) is 12.8 Å². The minimum atomic E-state index is -0.0518. The van der Waals surface area contributed by atoms with Gasteiger partial charge in [-0.15, -0.1) is 0 Å². The zero-order valence-electron chi connectivity index (χ0n) is 15.5. The molecule has 1 aliphatic heterocycles. The number of piperazine rings is 1. The summed E-state index contributed by atoms with van der Waals surface area (Å²) in [6, 6.07) is 5.23. The Morgan fingerprint density at radius 3 is 2.65 bits per heavy atom. The molecule has 2 amide bonds. The first kappa shape index (κ1) is 18.5. The molecular weight excluding hydrogens is 330 g/mol. The number of carbonyl (C=O) groups excluding carboxylic acids is 2. The smallest absolute Gasteiger partial charge is 0.254 e. The maximum absolute atomic E-state index is 12.8. The highest BCUT2D eigenvalue weighted by molar-refractivity contribution is 5.98. The van der Waals surface area contributed by atoms with E-state index in [2.05, 4.69) is 29.4 Å². The van der Waals surface area contributed by atoms with E-state index in [0.717, 1.165) is 39.0 Å². The van der Waals surface area contributed by atoms with Crippen molar-refractivity contribution in [3.63, 3.8) is 0 Å². The summed E-state index contributed by atoms with van der Waals surface area (Å²) in [6.07, 6.45) is 6.73. The van der Waals surface area contributed by atoms with Crippen molar-refractivity contribution in [3.05, 3.63) is 35.9 Å². The summed E-state index contributed by atoms with van der Waals surface area (Å²) in [7, 11) is 3.62. The van der Waals surface area contributed by atoms with Gasteiger partial charge in [-0.05, 0) is 44.0 Å². The average molecular weight is 357 g/mol. The van der Waals surface area contributed by atoms with E-state index in [1.54, 1.807) is 25.3 Å². The van der Waals surface area contributed by atoms with Gasteiger partial charge in [-0.3, -0.25) is 9.59 Å². The van der Waals surface area contributed by atoms with Crippen LogP contribution in [-0.4, -0.2) is 62.0 Å². The topological polar surface area (TPSA) is 61.9 Å². The van der Waals surface area contributed by atoms with Gasteiger partial charge in [0.25, 0.3) is 5.91 Å². The predicted octanol–water partition coefficient (Wildman–Crippen LogP) is 2.38.